The first-order chi connectivity index (χ1) is 13.9. The molecule has 0 fully saturated rings. The molecule has 152 valence electrons. The van der Waals surface area contributed by atoms with Crippen molar-refractivity contribution in [1.29, 1.82) is 0 Å². The molecule has 0 unspecified atom stereocenters. The molecule has 0 heterocycles. The van der Waals surface area contributed by atoms with Crippen LogP contribution in [0.3, 0.4) is 0 Å². The predicted molar refractivity (Wildman–Crippen MR) is 112 cm³/mol. The Labute approximate surface area is 169 Å². The smallest absolute Gasteiger partial charge is 0.331 e. The summed E-state index contributed by atoms with van der Waals surface area (Å²) in [7, 11) is 0. The van der Waals surface area contributed by atoms with Crippen LogP contribution in [0.1, 0.15) is 26.3 Å². The second kappa shape index (κ2) is 10.7. The predicted octanol–water partition coefficient (Wildman–Crippen LogP) is 3.63. The summed E-state index contributed by atoms with van der Waals surface area (Å²) < 4.78 is 10.6. The highest BCUT2D eigenvalue weighted by Crippen LogP contribution is 2.19. The average Bonchev–Trinajstić information content (AvgIpc) is 2.68. The van der Waals surface area contributed by atoms with Gasteiger partial charge in [-0.2, -0.15) is 0 Å². The van der Waals surface area contributed by atoms with Gasteiger partial charge in [-0.25, -0.2) is 4.79 Å². The molecule has 0 aliphatic rings. The second-order valence-electron chi connectivity index (χ2n) is 6.13. The Morgan fingerprint density at radius 1 is 1.00 bits per heavy atom. The van der Waals surface area contributed by atoms with E-state index in [0.717, 1.165) is 5.56 Å². The lowest BCUT2D eigenvalue weighted by Crippen LogP contribution is -2.29. The number of carbonyl (C=O) groups excluding carboxylic acids is 3. The summed E-state index contributed by atoms with van der Waals surface area (Å²) in [5, 5.41) is 5.29. The average molecular weight is 396 g/mol. The minimum Gasteiger partial charge on any atom is -0.493 e. The van der Waals surface area contributed by atoms with E-state index in [-0.39, 0.29) is 5.91 Å². The lowest BCUT2D eigenvalue weighted by atomic mass is 10.2. The topological polar surface area (TPSA) is 93.7 Å². The molecule has 0 spiro atoms. The standard InChI is InChI=1S/C22H24N2O5/c1-4-28-20-8-6-5-7-17(20)9-14-21(26)29-15(2)22(27)24-19-12-10-18(11-13-19)23-16(3)25/h5-15H,4H2,1-3H3,(H,23,25)(H,24,27)/b14-9+/t15-/m0/s1. The third-order valence-electron chi connectivity index (χ3n) is 3.75. The summed E-state index contributed by atoms with van der Waals surface area (Å²) in [5.41, 5.74) is 1.88. The first-order valence-corrected chi connectivity index (χ1v) is 9.18. The van der Waals surface area contributed by atoms with Gasteiger partial charge in [0, 0.05) is 29.9 Å². The van der Waals surface area contributed by atoms with E-state index in [1.165, 1.54) is 19.9 Å². The molecular formula is C22H24N2O5. The van der Waals surface area contributed by atoms with Crippen molar-refractivity contribution < 1.29 is 23.9 Å². The fourth-order valence-electron chi connectivity index (χ4n) is 2.41. The van der Waals surface area contributed by atoms with Gasteiger partial charge in [-0.3, -0.25) is 9.59 Å². The van der Waals surface area contributed by atoms with E-state index in [0.29, 0.717) is 23.7 Å². The van der Waals surface area contributed by atoms with Crippen molar-refractivity contribution in [2.24, 2.45) is 0 Å². The molecule has 0 radical (unpaired) electrons. The van der Waals surface area contributed by atoms with Crippen LogP contribution < -0.4 is 15.4 Å². The molecule has 0 aromatic heterocycles. The molecule has 0 aliphatic carbocycles. The zero-order valence-electron chi connectivity index (χ0n) is 16.6. The van der Waals surface area contributed by atoms with Crippen LogP contribution in [0.15, 0.2) is 54.6 Å². The van der Waals surface area contributed by atoms with Gasteiger partial charge in [-0.1, -0.05) is 18.2 Å². The van der Waals surface area contributed by atoms with Gasteiger partial charge in [0.05, 0.1) is 6.61 Å². The summed E-state index contributed by atoms with van der Waals surface area (Å²) in [6.45, 7) is 5.29. The third-order valence-corrected chi connectivity index (χ3v) is 3.75. The van der Waals surface area contributed by atoms with Crippen LogP contribution in [0, 0.1) is 0 Å². The maximum Gasteiger partial charge on any atom is 0.331 e. The lowest BCUT2D eigenvalue weighted by Gasteiger charge is -2.13. The number of rotatable bonds is 8. The van der Waals surface area contributed by atoms with Gasteiger partial charge in [0.1, 0.15) is 5.75 Å². The first-order valence-electron chi connectivity index (χ1n) is 9.18. The zero-order valence-corrected chi connectivity index (χ0v) is 16.6. The fraction of sp³-hybridized carbons (Fsp3) is 0.227. The molecule has 2 aromatic rings. The SMILES string of the molecule is CCOc1ccccc1/C=C/C(=O)O[C@@H](C)C(=O)Nc1ccc(NC(C)=O)cc1. The second-order valence-corrected chi connectivity index (χ2v) is 6.13. The molecule has 7 nitrogen and oxygen atoms in total. The number of nitrogens with one attached hydrogen (secondary N) is 2. The molecule has 1 atom stereocenters. The first kappa shape index (κ1) is 21.7. The van der Waals surface area contributed by atoms with Crippen molar-refractivity contribution >= 4 is 35.2 Å². The molecule has 2 amide bonds. The van der Waals surface area contributed by atoms with Gasteiger partial charge in [0.2, 0.25) is 5.91 Å². The van der Waals surface area contributed by atoms with Crippen molar-refractivity contribution in [1.82, 2.24) is 0 Å². The van der Waals surface area contributed by atoms with Crippen LogP contribution in [-0.4, -0.2) is 30.5 Å². The molecule has 0 saturated heterocycles. The lowest BCUT2D eigenvalue weighted by molar-refractivity contribution is -0.148. The van der Waals surface area contributed by atoms with Crippen molar-refractivity contribution in [3.05, 3.63) is 60.2 Å². The van der Waals surface area contributed by atoms with Gasteiger partial charge in [-0.15, -0.1) is 0 Å². The molecule has 2 rings (SSSR count). The number of benzene rings is 2. The number of anilines is 2. The molecule has 0 bridgehead atoms. The van der Waals surface area contributed by atoms with E-state index in [1.54, 1.807) is 30.3 Å². The van der Waals surface area contributed by atoms with Crippen LogP contribution in [0.4, 0.5) is 11.4 Å². The molecule has 7 heteroatoms. The Bertz CT molecular complexity index is 890. The Hall–Kier alpha value is -3.61. The minimum atomic E-state index is -0.982. The Morgan fingerprint density at radius 2 is 1.62 bits per heavy atom. The van der Waals surface area contributed by atoms with E-state index >= 15 is 0 Å². The summed E-state index contributed by atoms with van der Waals surface area (Å²) in [4.78, 5) is 35.3. The maximum absolute atomic E-state index is 12.2. The highest BCUT2D eigenvalue weighted by Gasteiger charge is 2.16. The molecular weight excluding hydrogens is 372 g/mol. The molecule has 0 saturated carbocycles. The van der Waals surface area contributed by atoms with Crippen molar-refractivity contribution in [3.63, 3.8) is 0 Å². The highest BCUT2D eigenvalue weighted by molar-refractivity contribution is 5.97. The maximum atomic E-state index is 12.2. The van der Waals surface area contributed by atoms with Crippen LogP contribution in [0.5, 0.6) is 5.75 Å². The number of esters is 1. The fourth-order valence-corrected chi connectivity index (χ4v) is 2.41. The largest absolute Gasteiger partial charge is 0.493 e. The summed E-state index contributed by atoms with van der Waals surface area (Å²) in [5.74, 6) is -0.625. The number of para-hydroxylation sites is 1. The molecule has 2 N–H and O–H groups in total. The third kappa shape index (κ3) is 7.14. The number of hydrogen-bond acceptors (Lipinski definition) is 5. The minimum absolute atomic E-state index is 0.181. The zero-order chi connectivity index (χ0) is 21.2. The quantitative estimate of drug-likeness (QED) is 0.525. The number of carbonyl (C=O) groups is 3. The Kier molecular flexibility index (Phi) is 7.97. The summed E-state index contributed by atoms with van der Waals surface area (Å²) in [6.07, 6.45) is 1.85. The number of amides is 2. The van der Waals surface area contributed by atoms with E-state index in [2.05, 4.69) is 10.6 Å². The van der Waals surface area contributed by atoms with Crippen LogP contribution in [-0.2, 0) is 19.1 Å². The van der Waals surface area contributed by atoms with E-state index in [9.17, 15) is 14.4 Å². The van der Waals surface area contributed by atoms with Crippen LogP contribution in [0.2, 0.25) is 0 Å². The Balaban J connectivity index is 1.90. The summed E-state index contributed by atoms with van der Waals surface area (Å²) in [6, 6.07) is 13.9. The Morgan fingerprint density at radius 3 is 2.24 bits per heavy atom. The molecule has 0 aliphatic heterocycles. The van der Waals surface area contributed by atoms with Gasteiger partial charge >= 0.3 is 5.97 Å². The number of ether oxygens (including phenoxy) is 2. The van der Waals surface area contributed by atoms with Gasteiger partial charge in [0.15, 0.2) is 6.10 Å². The monoisotopic (exact) mass is 396 g/mol. The van der Waals surface area contributed by atoms with Crippen molar-refractivity contribution in [3.8, 4) is 5.75 Å². The van der Waals surface area contributed by atoms with Gasteiger partial charge in [-0.05, 0) is 50.3 Å². The van der Waals surface area contributed by atoms with E-state index in [1.807, 2.05) is 31.2 Å². The number of hydrogen-bond donors (Lipinski definition) is 2. The van der Waals surface area contributed by atoms with Crippen LogP contribution in [0.25, 0.3) is 6.08 Å². The van der Waals surface area contributed by atoms with E-state index < -0.39 is 18.0 Å². The molecule has 29 heavy (non-hydrogen) atoms. The molecule has 2 aromatic carbocycles. The summed E-state index contributed by atoms with van der Waals surface area (Å²) >= 11 is 0. The van der Waals surface area contributed by atoms with Gasteiger partial charge < -0.3 is 20.1 Å². The van der Waals surface area contributed by atoms with Gasteiger partial charge in [0.25, 0.3) is 5.91 Å². The normalized spacial score (nSPS) is 11.6. The van der Waals surface area contributed by atoms with Crippen molar-refractivity contribution in [2.75, 3.05) is 17.2 Å². The van der Waals surface area contributed by atoms with Crippen LogP contribution >= 0.6 is 0 Å². The van der Waals surface area contributed by atoms with E-state index in [4.69, 9.17) is 9.47 Å². The highest BCUT2D eigenvalue weighted by atomic mass is 16.5. The van der Waals surface area contributed by atoms with Crippen molar-refractivity contribution in [2.45, 2.75) is 26.9 Å².